The molecule has 0 unspecified atom stereocenters. The van der Waals surface area contributed by atoms with Gasteiger partial charge in [0.1, 0.15) is 5.75 Å². The zero-order chi connectivity index (χ0) is 16.4. The number of ether oxygens (including phenoxy) is 1. The van der Waals surface area contributed by atoms with Gasteiger partial charge in [0.05, 0.1) is 24.2 Å². The van der Waals surface area contributed by atoms with Gasteiger partial charge >= 0.3 is 0 Å². The van der Waals surface area contributed by atoms with Crippen LogP contribution in [0.4, 0.5) is 0 Å². The quantitative estimate of drug-likeness (QED) is 0.558. The number of rotatable bonds is 4. The van der Waals surface area contributed by atoms with E-state index in [2.05, 4.69) is 22.2 Å². The predicted molar refractivity (Wildman–Crippen MR) is 95.0 cm³/mol. The fraction of sp³-hybridized carbons (Fsp3) is 0.100. The van der Waals surface area contributed by atoms with Crippen LogP contribution in [0.5, 0.6) is 5.75 Å². The third-order valence-electron chi connectivity index (χ3n) is 3.85. The zero-order valence-electron chi connectivity index (χ0n) is 13.4. The minimum Gasteiger partial charge on any atom is -0.494 e. The van der Waals surface area contributed by atoms with E-state index < -0.39 is 0 Å². The summed E-state index contributed by atoms with van der Waals surface area (Å²) in [6.07, 6.45) is 1.96. The van der Waals surface area contributed by atoms with Crippen molar-refractivity contribution in [3.8, 4) is 28.3 Å². The molecule has 0 aliphatic rings. The summed E-state index contributed by atoms with van der Waals surface area (Å²) < 4.78 is 7.31. The Labute approximate surface area is 140 Å². The molecule has 0 bridgehead atoms. The van der Waals surface area contributed by atoms with E-state index in [1.165, 1.54) is 0 Å². The van der Waals surface area contributed by atoms with Crippen molar-refractivity contribution < 1.29 is 4.74 Å². The van der Waals surface area contributed by atoms with Gasteiger partial charge < -0.3 is 4.74 Å². The van der Waals surface area contributed by atoms with Crippen molar-refractivity contribution in [3.63, 3.8) is 0 Å². The van der Waals surface area contributed by atoms with Gasteiger partial charge in [0.2, 0.25) is 0 Å². The molecule has 118 valence electrons. The molecule has 4 heteroatoms. The number of hydrogen-bond acceptors (Lipinski definition) is 3. The van der Waals surface area contributed by atoms with Gasteiger partial charge in [-0.3, -0.25) is 0 Å². The van der Waals surface area contributed by atoms with E-state index in [9.17, 15) is 0 Å². The normalized spacial score (nSPS) is 10.9. The maximum atomic E-state index is 5.48. The second-order valence-electron chi connectivity index (χ2n) is 5.47. The molecule has 0 saturated carbocycles. The highest BCUT2D eigenvalue weighted by Crippen LogP contribution is 2.23. The van der Waals surface area contributed by atoms with Crippen molar-refractivity contribution in [1.29, 1.82) is 0 Å². The molecule has 0 saturated heterocycles. The number of imidazole rings is 1. The van der Waals surface area contributed by atoms with E-state index in [0.717, 1.165) is 33.9 Å². The molecule has 0 amide bonds. The maximum absolute atomic E-state index is 5.48. The maximum Gasteiger partial charge on any atom is 0.154 e. The number of nitrogens with zero attached hydrogens (tertiary/aromatic N) is 3. The summed E-state index contributed by atoms with van der Waals surface area (Å²) in [7, 11) is 0. The van der Waals surface area contributed by atoms with Crippen LogP contribution >= 0.6 is 0 Å². The van der Waals surface area contributed by atoms with Gasteiger partial charge in [0, 0.05) is 11.1 Å². The summed E-state index contributed by atoms with van der Waals surface area (Å²) in [6, 6.07) is 22.1. The van der Waals surface area contributed by atoms with E-state index in [-0.39, 0.29) is 0 Å². The Hall–Kier alpha value is -3.14. The Morgan fingerprint density at radius 2 is 1.58 bits per heavy atom. The Kier molecular flexibility index (Phi) is 3.71. The van der Waals surface area contributed by atoms with E-state index in [0.29, 0.717) is 6.61 Å². The molecule has 0 aliphatic heterocycles. The first-order valence-corrected chi connectivity index (χ1v) is 7.98. The highest BCUT2D eigenvalue weighted by atomic mass is 16.5. The number of aromatic nitrogens is 3. The topological polar surface area (TPSA) is 39.4 Å². The lowest BCUT2D eigenvalue weighted by Crippen LogP contribution is -1.92. The molecule has 4 rings (SSSR count). The summed E-state index contributed by atoms with van der Waals surface area (Å²) in [4.78, 5) is 4.65. The van der Waals surface area contributed by atoms with Crippen LogP contribution in [0.2, 0.25) is 0 Å². The second-order valence-corrected chi connectivity index (χ2v) is 5.47. The molecule has 0 aliphatic carbocycles. The molecule has 4 aromatic rings. The van der Waals surface area contributed by atoms with Gasteiger partial charge in [0.15, 0.2) is 5.65 Å². The average molecular weight is 315 g/mol. The lowest BCUT2D eigenvalue weighted by Gasteiger charge is -2.02. The molecule has 2 aromatic heterocycles. The van der Waals surface area contributed by atoms with Crippen molar-refractivity contribution in [2.24, 2.45) is 0 Å². The van der Waals surface area contributed by atoms with Gasteiger partial charge in [-0.25, -0.2) is 9.50 Å². The van der Waals surface area contributed by atoms with Crippen LogP contribution in [0, 0.1) is 0 Å². The standard InChI is InChI=1S/C20H17N3O/c1-2-24-17-10-8-16(9-11-17)19-14-23-20(21-19)13-12-18(22-23)15-6-4-3-5-7-15/h3-14H,2H2,1H3. The van der Waals surface area contributed by atoms with Gasteiger partial charge in [-0.1, -0.05) is 30.3 Å². The Bertz CT molecular complexity index is 959. The van der Waals surface area contributed by atoms with E-state index in [4.69, 9.17) is 4.74 Å². The molecule has 0 radical (unpaired) electrons. The molecule has 4 nitrogen and oxygen atoms in total. The number of benzene rings is 2. The predicted octanol–water partition coefficient (Wildman–Crippen LogP) is 4.46. The van der Waals surface area contributed by atoms with Gasteiger partial charge in [-0.15, -0.1) is 0 Å². The van der Waals surface area contributed by atoms with Crippen molar-refractivity contribution >= 4 is 5.65 Å². The highest BCUT2D eigenvalue weighted by molar-refractivity contribution is 5.65. The fourth-order valence-electron chi connectivity index (χ4n) is 2.67. The first kappa shape index (κ1) is 14.5. The molecule has 2 aromatic carbocycles. The summed E-state index contributed by atoms with van der Waals surface area (Å²) in [5, 5.41) is 4.67. The van der Waals surface area contributed by atoms with Gasteiger partial charge in [0.25, 0.3) is 0 Å². The van der Waals surface area contributed by atoms with E-state index in [1.807, 2.05) is 72.2 Å². The number of fused-ring (bicyclic) bond motifs is 1. The van der Waals surface area contributed by atoms with Crippen molar-refractivity contribution in [3.05, 3.63) is 72.9 Å². The van der Waals surface area contributed by atoms with E-state index >= 15 is 0 Å². The molecule has 0 spiro atoms. The van der Waals surface area contributed by atoms with Crippen molar-refractivity contribution in [1.82, 2.24) is 14.6 Å². The van der Waals surface area contributed by atoms with Crippen LogP contribution in [0.25, 0.3) is 28.2 Å². The van der Waals surface area contributed by atoms with Crippen molar-refractivity contribution in [2.45, 2.75) is 6.92 Å². The molecular weight excluding hydrogens is 298 g/mol. The first-order valence-electron chi connectivity index (χ1n) is 7.98. The molecule has 0 atom stereocenters. The Morgan fingerprint density at radius 1 is 0.833 bits per heavy atom. The van der Waals surface area contributed by atoms with Crippen LogP contribution in [0.3, 0.4) is 0 Å². The minimum absolute atomic E-state index is 0.667. The Balaban J connectivity index is 1.70. The SMILES string of the molecule is CCOc1ccc(-c2cn3nc(-c4ccccc4)ccc3n2)cc1. The highest BCUT2D eigenvalue weighted by Gasteiger charge is 2.07. The average Bonchev–Trinajstić information content (AvgIpc) is 3.06. The molecule has 24 heavy (non-hydrogen) atoms. The smallest absolute Gasteiger partial charge is 0.154 e. The van der Waals surface area contributed by atoms with Gasteiger partial charge in [-0.05, 0) is 43.3 Å². The largest absolute Gasteiger partial charge is 0.494 e. The number of hydrogen-bond donors (Lipinski definition) is 0. The monoisotopic (exact) mass is 315 g/mol. The second kappa shape index (κ2) is 6.16. The lowest BCUT2D eigenvalue weighted by atomic mass is 10.1. The van der Waals surface area contributed by atoms with Crippen molar-refractivity contribution in [2.75, 3.05) is 6.61 Å². The molecular formula is C20H17N3O. The molecule has 0 N–H and O–H groups in total. The fourth-order valence-corrected chi connectivity index (χ4v) is 2.67. The van der Waals surface area contributed by atoms with Crippen LogP contribution in [0.15, 0.2) is 72.9 Å². The third-order valence-corrected chi connectivity index (χ3v) is 3.85. The molecule has 2 heterocycles. The van der Waals surface area contributed by atoms with E-state index in [1.54, 1.807) is 0 Å². The zero-order valence-corrected chi connectivity index (χ0v) is 13.4. The minimum atomic E-state index is 0.667. The van der Waals surface area contributed by atoms with Gasteiger partial charge in [-0.2, -0.15) is 5.10 Å². The first-order chi connectivity index (χ1) is 11.8. The summed E-state index contributed by atoms with van der Waals surface area (Å²) in [5.41, 5.74) is 4.80. The van der Waals surface area contributed by atoms with Crippen LogP contribution in [-0.2, 0) is 0 Å². The third kappa shape index (κ3) is 2.74. The van der Waals surface area contributed by atoms with Crippen LogP contribution in [0.1, 0.15) is 6.92 Å². The summed E-state index contributed by atoms with van der Waals surface area (Å²) in [5.74, 6) is 0.870. The summed E-state index contributed by atoms with van der Waals surface area (Å²) >= 11 is 0. The van der Waals surface area contributed by atoms with Crippen LogP contribution < -0.4 is 4.74 Å². The molecule has 0 fully saturated rings. The summed E-state index contributed by atoms with van der Waals surface area (Å²) in [6.45, 7) is 2.64. The van der Waals surface area contributed by atoms with Crippen LogP contribution in [-0.4, -0.2) is 21.2 Å². The Morgan fingerprint density at radius 3 is 2.33 bits per heavy atom. The lowest BCUT2D eigenvalue weighted by molar-refractivity contribution is 0.340.